The second kappa shape index (κ2) is 30.1. The van der Waals surface area contributed by atoms with Crippen LogP contribution in [-0.2, 0) is 16.2 Å². The summed E-state index contributed by atoms with van der Waals surface area (Å²) in [5.41, 5.74) is 6.19. The van der Waals surface area contributed by atoms with Crippen molar-refractivity contribution < 1.29 is 0 Å². The van der Waals surface area contributed by atoms with E-state index in [1.165, 1.54) is 155 Å². The molecule has 1 aromatic carbocycles. The summed E-state index contributed by atoms with van der Waals surface area (Å²) < 4.78 is 11.5. The van der Waals surface area contributed by atoms with Crippen LogP contribution in [0.1, 0.15) is 132 Å². The van der Waals surface area contributed by atoms with E-state index in [1.807, 2.05) is 0 Å². The standard InChI is InChI=1S/C36H57I9/c37-19-1-10-34(11-2-20-38,12-3-21-39)31-28-32(35(13-4-22-40,14-5-23-41)15-6-24-42)30-33(29-31)36(16-7-25-43,17-8-26-44)18-9-27-45/h28-30H,1-27H2. The number of rotatable bonds is 30. The van der Waals surface area contributed by atoms with Gasteiger partial charge in [-0.3, -0.25) is 0 Å². The van der Waals surface area contributed by atoms with E-state index in [9.17, 15) is 0 Å². The van der Waals surface area contributed by atoms with E-state index in [1.54, 1.807) is 16.7 Å². The molecule has 264 valence electrons. The van der Waals surface area contributed by atoms with Gasteiger partial charge in [0, 0.05) is 0 Å². The minimum atomic E-state index is 0.315. The zero-order chi connectivity index (χ0) is 33.4. The van der Waals surface area contributed by atoms with Crippen LogP contribution in [0, 0.1) is 0 Å². The predicted octanol–water partition coefficient (Wildman–Crippen LogP) is 16.3. The minimum Gasteiger partial charge on any atom is -0.0864 e. The van der Waals surface area contributed by atoms with Crippen LogP contribution in [0.3, 0.4) is 0 Å². The highest BCUT2D eigenvalue weighted by Crippen LogP contribution is 2.49. The van der Waals surface area contributed by atoms with E-state index in [-0.39, 0.29) is 0 Å². The molecule has 0 unspecified atom stereocenters. The highest BCUT2D eigenvalue weighted by Gasteiger charge is 2.39. The maximum Gasteiger partial charge on any atom is -0.000441 e. The molecule has 0 heterocycles. The van der Waals surface area contributed by atoms with Crippen molar-refractivity contribution in [3.05, 3.63) is 34.9 Å². The van der Waals surface area contributed by atoms with Gasteiger partial charge in [0.1, 0.15) is 0 Å². The number of alkyl halides is 9. The fraction of sp³-hybridized carbons (Fsp3) is 0.833. The Morgan fingerprint density at radius 2 is 0.400 bits per heavy atom. The van der Waals surface area contributed by atoms with E-state index < -0.39 is 0 Å². The van der Waals surface area contributed by atoms with Gasteiger partial charge in [0.15, 0.2) is 0 Å². The first kappa shape index (κ1) is 48.8. The lowest BCUT2D eigenvalue weighted by atomic mass is 9.63. The lowest BCUT2D eigenvalue weighted by Gasteiger charge is -2.42. The SMILES string of the molecule is ICCCC(CCCI)(CCCI)c1cc(C(CCCI)(CCCI)CCCI)cc(C(CCCI)(CCCI)CCCI)c1. The third kappa shape index (κ3) is 17.4. The first-order valence-corrected chi connectivity index (χ1v) is 30.8. The smallest absolute Gasteiger partial charge is 0.000441 e. The van der Waals surface area contributed by atoms with Gasteiger partial charge in [0.05, 0.1) is 0 Å². The van der Waals surface area contributed by atoms with Gasteiger partial charge in [0.25, 0.3) is 0 Å². The molecule has 45 heavy (non-hydrogen) atoms. The van der Waals surface area contributed by atoms with Gasteiger partial charge in [-0.25, -0.2) is 0 Å². The molecular formula is C36H57I9. The van der Waals surface area contributed by atoms with Crippen molar-refractivity contribution in [3.63, 3.8) is 0 Å². The molecule has 1 rings (SSSR count). The molecule has 0 N–H and O–H groups in total. The zero-order valence-electron chi connectivity index (χ0n) is 27.2. The van der Waals surface area contributed by atoms with Crippen molar-refractivity contribution in [1.29, 1.82) is 0 Å². The van der Waals surface area contributed by atoms with Crippen LogP contribution in [0.5, 0.6) is 0 Å². The van der Waals surface area contributed by atoms with E-state index in [4.69, 9.17) is 0 Å². The van der Waals surface area contributed by atoms with Crippen molar-refractivity contribution in [2.24, 2.45) is 0 Å². The molecule has 0 aliphatic heterocycles. The largest absolute Gasteiger partial charge is 0.0864 e. The predicted molar refractivity (Wildman–Crippen MR) is 285 cm³/mol. The van der Waals surface area contributed by atoms with Crippen LogP contribution in [-0.4, -0.2) is 39.8 Å². The molecule has 1 aromatic rings. The summed E-state index contributed by atoms with van der Waals surface area (Å²) in [5, 5.41) is 0. The molecule has 0 amide bonds. The van der Waals surface area contributed by atoms with Crippen molar-refractivity contribution in [3.8, 4) is 0 Å². The zero-order valence-corrected chi connectivity index (χ0v) is 46.6. The van der Waals surface area contributed by atoms with Crippen LogP contribution in [0.2, 0.25) is 0 Å². The third-order valence-corrected chi connectivity index (χ3v) is 16.7. The lowest BCUT2D eigenvalue weighted by molar-refractivity contribution is 0.309. The Bertz CT molecular complexity index is 676. The molecule has 0 aliphatic carbocycles. The van der Waals surface area contributed by atoms with Crippen molar-refractivity contribution in [2.45, 2.75) is 132 Å². The first-order chi connectivity index (χ1) is 21.9. The second-order valence-electron chi connectivity index (χ2n) is 12.8. The molecular weight excluding hydrogens is 1570 g/mol. The Labute approximate surface area is 402 Å². The summed E-state index contributed by atoms with van der Waals surface area (Å²) in [6, 6.07) is 8.55. The summed E-state index contributed by atoms with van der Waals surface area (Å²) in [6.07, 6.45) is 24.3. The molecule has 0 aromatic heterocycles. The monoisotopic (exact) mass is 1630 g/mol. The van der Waals surface area contributed by atoms with Crippen LogP contribution < -0.4 is 0 Å². The molecule has 0 atom stereocenters. The fourth-order valence-electron chi connectivity index (χ4n) is 7.62. The molecule has 0 nitrogen and oxygen atoms in total. The number of halogens is 9. The number of benzene rings is 1. The van der Waals surface area contributed by atoms with Crippen LogP contribution >= 0.6 is 203 Å². The van der Waals surface area contributed by atoms with E-state index >= 15 is 0 Å². The van der Waals surface area contributed by atoms with Gasteiger partial charge >= 0.3 is 0 Å². The Morgan fingerprint density at radius 1 is 0.267 bits per heavy atom. The van der Waals surface area contributed by atoms with E-state index in [0.29, 0.717) is 16.2 Å². The Kier molecular flexibility index (Phi) is 32.6. The molecule has 0 saturated carbocycles. The van der Waals surface area contributed by atoms with Gasteiger partial charge in [0.2, 0.25) is 0 Å². The molecule has 0 radical (unpaired) electrons. The highest BCUT2D eigenvalue weighted by atomic mass is 127. The van der Waals surface area contributed by atoms with Gasteiger partial charge in [-0.05, 0) is 188 Å². The normalized spacial score (nSPS) is 12.7. The van der Waals surface area contributed by atoms with Gasteiger partial charge in [-0.15, -0.1) is 0 Å². The van der Waals surface area contributed by atoms with Crippen LogP contribution in [0.15, 0.2) is 18.2 Å². The minimum absolute atomic E-state index is 0.315. The van der Waals surface area contributed by atoms with Gasteiger partial charge in [-0.2, -0.15) is 0 Å². The van der Waals surface area contributed by atoms with Gasteiger partial charge in [-0.1, -0.05) is 222 Å². The quantitative estimate of drug-likeness (QED) is 0.0532. The fourth-order valence-corrected chi connectivity index (χ4v) is 11.0. The van der Waals surface area contributed by atoms with Crippen molar-refractivity contribution >= 4 is 203 Å². The molecule has 0 fully saturated rings. The maximum absolute atomic E-state index is 2.85. The Morgan fingerprint density at radius 3 is 0.511 bits per heavy atom. The number of hydrogen-bond donors (Lipinski definition) is 0. The third-order valence-electron chi connectivity index (χ3n) is 9.87. The Balaban J connectivity index is 4.30. The molecule has 0 bridgehead atoms. The van der Waals surface area contributed by atoms with Crippen molar-refractivity contribution in [2.75, 3.05) is 39.8 Å². The average Bonchev–Trinajstić information content (AvgIpc) is 3.07. The van der Waals surface area contributed by atoms with E-state index in [0.717, 1.165) is 0 Å². The maximum atomic E-state index is 2.85. The number of hydrogen-bond acceptors (Lipinski definition) is 0. The molecule has 0 saturated heterocycles. The topological polar surface area (TPSA) is 0 Å². The summed E-state index contributed by atoms with van der Waals surface area (Å²) in [5.74, 6) is 0. The molecule has 0 spiro atoms. The lowest BCUT2D eigenvalue weighted by Crippen LogP contribution is -2.34. The van der Waals surface area contributed by atoms with Crippen LogP contribution in [0.4, 0.5) is 0 Å². The van der Waals surface area contributed by atoms with Crippen LogP contribution in [0.25, 0.3) is 0 Å². The molecule has 9 heteroatoms. The average molecular weight is 1630 g/mol. The highest BCUT2D eigenvalue weighted by molar-refractivity contribution is 14.1. The first-order valence-electron chi connectivity index (χ1n) is 17.1. The molecule has 0 aliphatic rings. The summed E-state index contributed by atoms with van der Waals surface area (Å²) in [7, 11) is 0. The summed E-state index contributed by atoms with van der Waals surface area (Å²) in [4.78, 5) is 0. The summed E-state index contributed by atoms with van der Waals surface area (Å²) in [6.45, 7) is 0. The summed E-state index contributed by atoms with van der Waals surface area (Å²) >= 11 is 23.8. The second-order valence-corrected chi connectivity index (χ2v) is 22.5. The Hall–Kier alpha value is 5.79. The van der Waals surface area contributed by atoms with Crippen molar-refractivity contribution in [1.82, 2.24) is 0 Å². The van der Waals surface area contributed by atoms with Gasteiger partial charge < -0.3 is 0 Å². The van der Waals surface area contributed by atoms with E-state index in [2.05, 4.69) is 222 Å².